The molecule has 1 heterocycles. The van der Waals surface area contributed by atoms with E-state index in [1.807, 2.05) is 81.4 Å². The highest BCUT2D eigenvalue weighted by Gasteiger charge is 2.39. The molecule has 0 bridgehead atoms. The maximum Gasteiger partial charge on any atom is 0.320 e. The van der Waals surface area contributed by atoms with E-state index in [0.29, 0.717) is 25.9 Å². The van der Waals surface area contributed by atoms with Gasteiger partial charge in [-0.25, -0.2) is 0 Å². The summed E-state index contributed by atoms with van der Waals surface area (Å²) >= 11 is 0. The van der Waals surface area contributed by atoms with Crippen LogP contribution in [0.2, 0.25) is 0 Å². The van der Waals surface area contributed by atoms with Crippen LogP contribution in [0.4, 0.5) is 0 Å². The lowest BCUT2D eigenvalue weighted by Crippen LogP contribution is -2.37. The number of hydrogen-bond acceptors (Lipinski definition) is 6. The molecule has 212 valence electrons. The van der Waals surface area contributed by atoms with E-state index in [1.54, 1.807) is 23.2 Å². The van der Waals surface area contributed by atoms with Gasteiger partial charge in [0.1, 0.15) is 18.9 Å². The normalized spacial score (nSPS) is 11.6. The molecular weight excluding hydrogens is 508 g/mol. The molecule has 8 heteroatoms. The van der Waals surface area contributed by atoms with Crippen LogP contribution in [0.15, 0.2) is 79.0 Å². The molecule has 2 aromatic carbocycles. The highest BCUT2D eigenvalue weighted by Crippen LogP contribution is 2.27. The molecule has 0 saturated heterocycles. The molecule has 3 aromatic rings. The number of aromatic nitrogens is 1. The van der Waals surface area contributed by atoms with Crippen LogP contribution in [0.5, 0.6) is 0 Å². The first-order chi connectivity index (χ1) is 19.4. The second kappa shape index (κ2) is 15.4. The Morgan fingerprint density at radius 3 is 1.75 bits per heavy atom. The lowest BCUT2D eigenvalue weighted by molar-refractivity contribution is -0.166. The zero-order valence-electron chi connectivity index (χ0n) is 23.5. The van der Waals surface area contributed by atoms with Crippen LogP contribution in [-0.4, -0.2) is 46.3 Å². The van der Waals surface area contributed by atoms with Gasteiger partial charge in [0.2, 0.25) is 5.91 Å². The fourth-order valence-electron chi connectivity index (χ4n) is 4.64. The Balaban J connectivity index is 1.84. The van der Waals surface area contributed by atoms with Crippen LogP contribution >= 0.6 is 0 Å². The van der Waals surface area contributed by atoms with Crippen molar-refractivity contribution >= 4 is 23.8 Å². The molecule has 0 aliphatic carbocycles. The second-order valence-corrected chi connectivity index (χ2v) is 9.55. The van der Waals surface area contributed by atoms with Crippen LogP contribution in [0.1, 0.15) is 66.4 Å². The van der Waals surface area contributed by atoms with Gasteiger partial charge in [0, 0.05) is 25.7 Å². The molecule has 0 saturated carbocycles. The van der Waals surface area contributed by atoms with E-state index in [0.717, 1.165) is 11.1 Å². The number of ether oxygens (including phenoxy) is 2. The zero-order chi connectivity index (χ0) is 28.9. The number of benzene rings is 2. The molecule has 0 unspecified atom stereocenters. The van der Waals surface area contributed by atoms with E-state index in [-0.39, 0.29) is 37.1 Å². The molecule has 0 spiro atoms. The fourth-order valence-corrected chi connectivity index (χ4v) is 4.64. The third kappa shape index (κ3) is 8.15. The van der Waals surface area contributed by atoms with E-state index in [1.165, 1.54) is 4.57 Å². The average Bonchev–Trinajstić information content (AvgIpc) is 3.47. The van der Waals surface area contributed by atoms with Crippen molar-refractivity contribution in [2.75, 3.05) is 13.1 Å². The highest BCUT2D eigenvalue weighted by atomic mass is 16.6. The van der Waals surface area contributed by atoms with Gasteiger partial charge < -0.3 is 14.4 Å². The Labute approximate surface area is 235 Å². The highest BCUT2D eigenvalue weighted by molar-refractivity contribution is 5.98. The van der Waals surface area contributed by atoms with Crippen LogP contribution in [-0.2, 0) is 32.3 Å². The van der Waals surface area contributed by atoms with Gasteiger partial charge in [-0.05, 0) is 49.4 Å². The lowest BCUT2D eigenvalue weighted by Gasteiger charge is -2.25. The number of amides is 1. The fraction of sp³-hybridized carbons (Fsp3) is 0.375. The molecule has 0 aliphatic rings. The molecular formula is C32H38N2O6. The van der Waals surface area contributed by atoms with E-state index in [9.17, 15) is 19.2 Å². The van der Waals surface area contributed by atoms with Gasteiger partial charge in [-0.1, -0.05) is 74.0 Å². The predicted molar refractivity (Wildman–Crippen MR) is 151 cm³/mol. The summed E-state index contributed by atoms with van der Waals surface area (Å²) in [4.78, 5) is 54.9. The monoisotopic (exact) mass is 546 g/mol. The molecule has 40 heavy (non-hydrogen) atoms. The number of carbonyl (C=O) groups is 4. The van der Waals surface area contributed by atoms with E-state index in [4.69, 9.17) is 9.47 Å². The van der Waals surface area contributed by atoms with Gasteiger partial charge in [-0.15, -0.1) is 0 Å². The first-order valence-corrected chi connectivity index (χ1v) is 13.8. The quantitative estimate of drug-likeness (QED) is 0.195. The van der Waals surface area contributed by atoms with Crippen LogP contribution in [0, 0.1) is 11.8 Å². The molecule has 0 radical (unpaired) electrons. The van der Waals surface area contributed by atoms with Crippen molar-refractivity contribution in [1.29, 1.82) is 0 Å². The Morgan fingerprint density at radius 2 is 1.27 bits per heavy atom. The van der Waals surface area contributed by atoms with Gasteiger partial charge in [0.15, 0.2) is 5.92 Å². The van der Waals surface area contributed by atoms with E-state index < -0.39 is 23.8 Å². The molecule has 0 N–H and O–H groups in total. The van der Waals surface area contributed by atoms with Gasteiger partial charge in [0.25, 0.3) is 5.91 Å². The maximum atomic E-state index is 13.5. The SMILES string of the molecule is CCC[C@H](CC(=O)n1cccc1C(=O)N(CC)CC)C(C(=O)OCc1ccccc1)C(=O)OCc1ccccc1. The van der Waals surface area contributed by atoms with Crippen LogP contribution < -0.4 is 0 Å². The summed E-state index contributed by atoms with van der Waals surface area (Å²) in [5.74, 6) is -4.08. The van der Waals surface area contributed by atoms with Gasteiger partial charge >= 0.3 is 11.9 Å². The maximum absolute atomic E-state index is 13.5. The summed E-state index contributed by atoms with van der Waals surface area (Å²) in [6.07, 6.45) is 2.45. The zero-order valence-corrected chi connectivity index (χ0v) is 23.5. The van der Waals surface area contributed by atoms with Crippen molar-refractivity contribution in [2.45, 2.75) is 53.2 Å². The summed E-state index contributed by atoms with van der Waals surface area (Å²) in [6.45, 7) is 6.68. The van der Waals surface area contributed by atoms with Crippen molar-refractivity contribution < 1.29 is 28.7 Å². The standard InChI is InChI=1S/C32H38N2O6/c1-4-14-26(21-28(35)34-20-13-19-27(34)30(36)33(5-2)6-3)29(31(37)39-22-24-15-9-7-10-16-24)32(38)40-23-25-17-11-8-12-18-25/h7-13,15-20,26,29H,4-6,14,21-23H2,1-3H3/t26-/m1/s1. The predicted octanol–water partition coefficient (Wildman–Crippen LogP) is 5.52. The lowest BCUT2D eigenvalue weighted by atomic mass is 9.85. The summed E-state index contributed by atoms with van der Waals surface area (Å²) in [6, 6.07) is 21.6. The largest absolute Gasteiger partial charge is 0.460 e. The van der Waals surface area contributed by atoms with Crippen molar-refractivity contribution in [2.24, 2.45) is 11.8 Å². The van der Waals surface area contributed by atoms with Gasteiger partial charge in [-0.2, -0.15) is 0 Å². The van der Waals surface area contributed by atoms with Gasteiger partial charge in [-0.3, -0.25) is 23.7 Å². The number of esters is 2. The van der Waals surface area contributed by atoms with Crippen LogP contribution in [0.3, 0.4) is 0 Å². The second-order valence-electron chi connectivity index (χ2n) is 9.55. The molecule has 1 amide bonds. The molecule has 1 aromatic heterocycles. The van der Waals surface area contributed by atoms with Crippen molar-refractivity contribution in [3.05, 3.63) is 95.8 Å². The summed E-state index contributed by atoms with van der Waals surface area (Å²) in [5, 5.41) is 0. The average molecular weight is 547 g/mol. The number of hydrogen-bond donors (Lipinski definition) is 0. The molecule has 3 rings (SSSR count). The van der Waals surface area contributed by atoms with E-state index >= 15 is 0 Å². The third-order valence-electron chi connectivity index (χ3n) is 6.81. The Kier molecular flexibility index (Phi) is 11.7. The topological polar surface area (TPSA) is 94.9 Å². The van der Waals surface area contributed by atoms with Crippen molar-refractivity contribution in [3.63, 3.8) is 0 Å². The summed E-state index contributed by atoms with van der Waals surface area (Å²) in [7, 11) is 0. The first-order valence-electron chi connectivity index (χ1n) is 13.8. The minimum Gasteiger partial charge on any atom is -0.460 e. The first kappa shape index (κ1) is 30.3. The smallest absolute Gasteiger partial charge is 0.320 e. The Morgan fingerprint density at radius 1 is 0.750 bits per heavy atom. The minimum absolute atomic E-state index is 0.00491. The van der Waals surface area contributed by atoms with Crippen molar-refractivity contribution in [3.8, 4) is 0 Å². The van der Waals surface area contributed by atoms with Gasteiger partial charge in [0.05, 0.1) is 0 Å². The summed E-state index contributed by atoms with van der Waals surface area (Å²) in [5.41, 5.74) is 1.81. The van der Waals surface area contributed by atoms with E-state index in [2.05, 4.69) is 0 Å². The number of carbonyl (C=O) groups excluding carboxylic acids is 4. The molecule has 1 atom stereocenters. The minimum atomic E-state index is -1.30. The number of nitrogens with zero attached hydrogens (tertiary/aromatic N) is 2. The van der Waals surface area contributed by atoms with Crippen LogP contribution in [0.25, 0.3) is 0 Å². The molecule has 0 aliphatic heterocycles. The molecule has 8 nitrogen and oxygen atoms in total. The Bertz CT molecular complexity index is 1200. The Hall–Kier alpha value is -4.20. The third-order valence-corrected chi connectivity index (χ3v) is 6.81. The summed E-state index contributed by atoms with van der Waals surface area (Å²) < 4.78 is 12.4. The van der Waals surface area contributed by atoms with Crippen molar-refractivity contribution in [1.82, 2.24) is 9.47 Å². The molecule has 0 fully saturated rings. The number of rotatable bonds is 14.